The number of carbonyl (C=O) groups excluding carboxylic acids is 1. The van der Waals surface area contributed by atoms with Crippen LogP contribution < -0.4 is 16.2 Å². The number of aryl methyl sites for hydroxylation is 1. The minimum absolute atomic E-state index is 0.340. The number of carboxylic acid groups (broad SMARTS) is 1. The smallest absolute Gasteiger partial charge is 0.134 e. The van der Waals surface area contributed by atoms with Gasteiger partial charge in [-0.3, -0.25) is 0 Å². The second kappa shape index (κ2) is 8.90. The molecule has 6 heteroatoms. The lowest BCUT2D eigenvalue weighted by molar-refractivity contribution is -0.431. The Bertz CT molecular complexity index is 412. The van der Waals surface area contributed by atoms with Crippen LogP contribution in [-0.2, 0) is 11.2 Å². The zero-order valence-electron chi connectivity index (χ0n) is 10.6. The van der Waals surface area contributed by atoms with Crippen LogP contribution in [0.1, 0.15) is 12.0 Å². The third-order valence-electron chi connectivity index (χ3n) is 2.50. The van der Waals surface area contributed by atoms with Crippen molar-refractivity contribution in [2.75, 3.05) is 12.3 Å². The van der Waals surface area contributed by atoms with Crippen molar-refractivity contribution in [3.63, 3.8) is 0 Å². The van der Waals surface area contributed by atoms with Crippen molar-refractivity contribution in [3.05, 3.63) is 35.9 Å². The van der Waals surface area contributed by atoms with E-state index in [1.165, 1.54) is 17.3 Å². The predicted octanol–water partition coefficient (Wildman–Crippen LogP) is -0.413. The fraction of sp³-hybridized carbons (Fsp3) is 0.385. The Balaban J connectivity index is 2.09. The van der Waals surface area contributed by atoms with Gasteiger partial charge in [0.25, 0.3) is 0 Å². The van der Waals surface area contributed by atoms with Gasteiger partial charge in [0.1, 0.15) is 10.4 Å². The predicted molar refractivity (Wildman–Crippen MR) is 79.5 cm³/mol. The summed E-state index contributed by atoms with van der Waals surface area (Å²) in [6.07, 6.45) is 1.98. The van der Waals surface area contributed by atoms with E-state index in [1.807, 2.05) is 18.2 Å². The van der Waals surface area contributed by atoms with Crippen LogP contribution in [-0.4, -0.2) is 28.6 Å². The summed E-state index contributed by atoms with van der Waals surface area (Å²) in [4.78, 5) is 10.5. The van der Waals surface area contributed by atoms with Crippen LogP contribution >= 0.6 is 24.0 Å². The van der Waals surface area contributed by atoms with Crippen LogP contribution in [0.2, 0.25) is 0 Å². The summed E-state index contributed by atoms with van der Waals surface area (Å²) in [5.41, 5.74) is 4.78. The van der Waals surface area contributed by atoms with Gasteiger partial charge in [0.05, 0.1) is 11.7 Å². The molecule has 0 saturated heterocycles. The third kappa shape index (κ3) is 7.15. The summed E-state index contributed by atoms with van der Waals surface area (Å²) >= 11 is 6.40. The van der Waals surface area contributed by atoms with Crippen LogP contribution in [0.3, 0.4) is 0 Å². The lowest BCUT2D eigenvalue weighted by Crippen LogP contribution is -2.69. The van der Waals surface area contributed by atoms with Crippen molar-refractivity contribution in [1.29, 1.82) is 0 Å². The largest absolute Gasteiger partial charge is 0.544 e. The number of thioether (sulfide) groups is 1. The van der Waals surface area contributed by atoms with Gasteiger partial charge in [0.2, 0.25) is 0 Å². The summed E-state index contributed by atoms with van der Waals surface area (Å²) in [7, 11) is 0. The van der Waals surface area contributed by atoms with E-state index in [1.54, 1.807) is 0 Å². The Kier molecular flexibility index (Phi) is 7.47. The lowest BCUT2D eigenvalue weighted by atomic mass is 10.1. The van der Waals surface area contributed by atoms with Gasteiger partial charge < -0.3 is 21.0 Å². The van der Waals surface area contributed by atoms with Crippen molar-refractivity contribution >= 4 is 34.3 Å². The van der Waals surface area contributed by atoms with E-state index >= 15 is 0 Å². The molecule has 1 atom stereocenters. The van der Waals surface area contributed by atoms with E-state index in [2.05, 4.69) is 23.2 Å². The van der Waals surface area contributed by atoms with Gasteiger partial charge in [-0.2, -0.15) is 0 Å². The van der Waals surface area contributed by atoms with Crippen LogP contribution in [0.25, 0.3) is 0 Å². The monoisotopic (exact) mass is 298 g/mol. The highest BCUT2D eigenvalue weighted by Crippen LogP contribution is 2.04. The third-order valence-corrected chi connectivity index (χ3v) is 3.98. The summed E-state index contributed by atoms with van der Waals surface area (Å²) in [6, 6.07) is 9.52. The van der Waals surface area contributed by atoms with Crippen LogP contribution in [0.15, 0.2) is 30.3 Å². The average molecular weight is 298 g/mol. The molecule has 0 saturated carbocycles. The molecular formula is C13H18N2O2S2. The van der Waals surface area contributed by atoms with E-state index in [4.69, 9.17) is 12.2 Å². The maximum atomic E-state index is 10.5. The Labute approximate surface area is 122 Å². The molecule has 1 aromatic rings. The minimum atomic E-state index is -1.14. The molecule has 0 unspecified atom stereocenters. The lowest BCUT2D eigenvalue weighted by Gasteiger charge is -2.10. The average Bonchev–Trinajstić information content (AvgIpc) is 2.42. The highest BCUT2D eigenvalue weighted by atomic mass is 32.2. The molecule has 0 fully saturated rings. The number of carboxylic acids is 1. The van der Waals surface area contributed by atoms with Crippen molar-refractivity contribution in [2.24, 2.45) is 0 Å². The van der Waals surface area contributed by atoms with Gasteiger partial charge in [0.15, 0.2) is 0 Å². The number of carbonyl (C=O) groups is 1. The summed E-state index contributed by atoms with van der Waals surface area (Å²) in [6.45, 7) is 0.786. The molecule has 104 valence electrons. The number of aliphatic carboxylic acids is 1. The van der Waals surface area contributed by atoms with Crippen molar-refractivity contribution in [1.82, 2.24) is 5.32 Å². The molecule has 0 amide bonds. The second-order valence-corrected chi connectivity index (χ2v) is 5.83. The molecule has 0 heterocycles. The number of thiocarbonyl (C=S) groups is 1. The van der Waals surface area contributed by atoms with Gasteiger partial charge in [-0.1, -0.05) is 54.3 Å². The van der Waals surface area contributed by atoms with Crippen LogP contribution in [0.5, 0.6) is 0 Å². The number of benzene rings is 1. The normalized spacial score (nSPS) is 11.8. The quantitative estimate of drug-likeness (QED) is 0.528. The van der Waals surface area contributed by atoms with Crippen molar-refractivity contribution < 1.29 is 15.6 Å². The number of hydrogen-bond donors (Lipinski definition) is 2. The van der Waals surface area contributed by atoms with E-state index in [0.29, 0.717) is 10.1 Å². The molecule has 0 aromatic heterocycles. The van der Waals surface area contributed by atoms with E-state index < -0.39 is 12.0 Å². The highest BCUT2D eigenvalue weighted by Gasteiger charge is 2.08. The molecule has 19 heavy (non-hydrogen) atoms. The molecule has 0 bridgehead atoms. The van der Waals surface area contributed by atoms with Crippen LogP contribution in [0, 0.1) is 0 Å². The first-order valence-electron chi connectivity index (χ1n) is 6.08. The van der Waals surface area contributed by atoms with Gasteiger partial charge in [-0.05, 0) is 18.4 Å². The minimum Gasteiger partial charge on any atom is -0.544 e. The maximum Gasteiger partial charge on any atom is 0.134 e. The van der Waals surface area contributed by atoms with Gasteiger partial charge in [0, 0.05) is 6.54 Å². The first-order valence-corrected chi connectivity index (χ1v) is 7.47. The van der Waals surface area contributed by atoms with Crippen molar-refractivity contribution in [3.8, 4) is 0 Å². The molecule has 0 radical (unpaired) electrons. The SMILES string of the molecule is [NH3+][C@@H](CSC(=S)NCCCc1ccccc1)C(=O)[O-]. The van der Waals surface area contributed by atoms with Crippen LogP contribution in [0.4, 0.5) is 0 Å². The summed E-state index contributed by atoms with van der Waals surface area (Å²) < 4.78 is 0.614. The Morgan fingerprint density at radius 2 is 2.11 bits per heavy atom. The summed E-state index contributed by atoms with van der Waals surface area (Å²) in [5.74, 6) is -0.799. The van der Waals surface area contributed by atoms with Gasteiger partial charge in [-0.25, -0.2) is 0 Å². The topological polar surface area (TPSA) is 79.8 Å². The fourth-order valence-electron chi connectivity index (χ4n) is 1.42. The Hall–Kier alpha value is -1.11. The standard InChI is InChI=1S/C13H18N2O2S2/c14-11(12(16)17)9-19-13(18)15-8-4-7-10-5-2-1-3-6-10/h1-3,5-6,11H,4,7-9,14H2,(H,15,18)(H,16,17)/t11-/m0/s1. The molecule has 1 rings (SSSR count). The van der Waals surface area contributed by atoms with Crippen molar-refractivity contribution in [2.45, 2.75) is 18.9 Å². The first kappa shape index (κ1) is 15.9. The number of nitrogens with one attached hydrogen (secondary N) is 1. The molecule has 1 aromatic carbocycles. The number of hydrogen-bond acceptors (Lipinski definition) is 4. The van der Waals surface area contributed by atoms with E-state index in [9.17, 15) is 9.90 Å². The zero-order chi connectivity index (χ0) is 14.1. The van der Waals surface area contributed by atoms with Gasteiger partial charge in [-0.15, -0.1) is 0 Å². The van der Waals surface area contributed by atoms with E-state index in [0.717, 1.165) is 19.4 Å². The maximum absolute atomic E-state index is 10.5. The molecular weight excluding hydrogens is 280 g/mol. The molecule has 0 aliphatic rings. The Morgan fingerprint density at radius 1 is 1.42 bits per heavy atom. The molecule has 0 aliphatic carbocycles. The fourth-order valence-corrected chi connectivity index (χ4v) is 2.42. The summed E-state index contributed by atoms with van der Waals surface area (Å²) in [5, 5.41) is 13.6. The van der Waals surface area contributed by atoms with E-state index in [-0.39, 0.29) is 0 Å². The van der Waals surface area contributed by atoms with Gasteiger partial charge >= 0.3 is 0 Å². The highest BCUT2D eigenvalue weighted by molar-refractivity contribution is 8.23. The number of quaternary nitrogens is 1. The second-order valence-electron chi connectivity index (χ2n) is 4.13. The Morgan fingerprint density at radius 3 is 2.74 bits per heavy atom. The molecule has 0 spiro atoms. The molecule has 4 N–H and O–H groups in total. The first-order chi connectivity index (χ1) is 9.09. The number of rotatable bonds is 7. The molecule has 0 aliphatic heterocycles. The zero-order valence-corrected chi connectivity index (χ0v) is 12.3. The molecule has 4 nitrogen and oxygen atoms in total.